The van der Waals surface area contributed by atoms with E-state index < -0.39 is 0 Å². The van der Waals surface area contributed by atoms with E-state index in [1.54, 1.807) is 0 Å². The molecule has 4 nitrogen and oxygen atoms in total. The van der Waals surface area contributed by atoms with Crippen molar-refractivity contribution in [2.75, 3.05) is 0 Å². The molecule has 0 radical (unpaired) electrons. The van der Waals surface area contributed by atoms with E-state index in [1.807, 2.05) is 30.3 Å². The zero-order chi connectivity index (χ0) is 13.3. The van der Waals surface area contributed by atoms with Crippen molar-refractivity contribution < 1.29 is 14.6 Å². The first-order valence-corrected chi connectivity index (χ1v) is 6.86. The van der Waals surface area contributed by atoms with Crippen LogP contribution in [0.5, 0.6) is 0 Å². The molecule has 0 aliphatic heterocycles. The number of carbonyl (C=O) groups is 1. The van der Waals surface area contributed by atoms with Crippen molar-refractivity contribution >= 4 is 6.09 Å². The lowest BCUT2D eigenvalue weighted by Gasteiger charge is -2.46. The maximum absolute atomic E-state index is 11.8. The molecule has 0 spiro atoms. The lowest BCUT2D eigenvalue weighted by atomic mass is 9.68. The van der Waals surface area contributed by atoms with Crippen LogP contribution in [0.2, 0.25) is 0 Å². The van der Waals surface area contributed by atoms with Gasteiger partial charge >= 0.3 is 6.09 Å². The van der Waals surface area contributed by atoms with E-state index in [2.05, 4.69) is 5.32 Å². The van der Waals surface area contributed by atoms with E-state index in [0.29, 0.717) is 0 Å². The number of hydrogen-bond donors (Lipinski definition) is 2. The van der Waals surface area contributed by atoms with Crippen LogP contribution in [0.25, 0.3) is 0 Å². The van der Waals surface area contributed by atoms with Gasteiger partial charge in [-0.25, -0.2) is 4.79 Å². The molecule has 2 aliphatic carbocycles. The molecular formula is C15H19NO3. The number of rotatable bonds is 3. The molecular weight excluding hydrogens is 242 g/mol. The Hall–Kier alpha value is -1.55. The molecule has 102 valence electrons. The molecule has 2 N–H and O–H groups in total. The van der Waals surface area contributed by atoms with Crippen LogP contribution in [0.3, 0.4) is 0 Å². The van der Waals surface area contributed by atoms with Gasteiger partial charge in [-0.05, 0) is 31.2 Å². The van der Waals surface area contributed by atoms with Crippen molar-refractivity contribution in [3.8, 4) is 0 Å². The van der Waals surface area contributed by atoms with Crippen LogP contribution >= 0.6 is 0 Å². The van der Waals surface area contributed by atoms with Gasteiger partial charge in [-0.1, -0.05) is 30.3 Å². The smallest absolute Gasteiger partial charge is 0.407 e. The SMILES string of the molecule is O=C(N[C@@]12CC[C@@H](O)[C@@H]1CC2)OCc1ccccc1. The van der Waals surface area contributed by atoms with Gasteiger partial charge < -0.3 is 15.2 Å². The van der Waals surface area contributed by atoms with Crippen LogP contribution in [0.15, 0.2) is 30.3 Å². The van der Waals surface area contributed by atoms with E-state index in [1.165, 1.54) is 0 Å². The lowest BCUT2D eigenvalue weighted by Crippen LogP contribution is -2.59. The third-order valence-corrected chi connectivity index (χ3v) is 4.53. The van der Waals surface area contributed by atoms with Crippen LogP contribution in [0, 0.1) is 5.92 Å². The second kappa shape index (κ2) is 4.85. The van der Waals surface area contributed by atoms with Crippen LogP contribution in [0.4, 0.5) is 4.79 Å². The Morgan fingerprint density at radius 2 is 2.05 bits per heavy atom. The highest BCUT2D eigenvalue weighted by atomic mass is 16.5. The lowest BCUT2D eigenvalue weighted by molar-refractivity contribution is 0.0247. The summed E-state index contributed by atoms with van der Waals surface area (Å²) in [5, 5.41) is 12.8. The van der Waals surface area contributed by atoms with Crippen molar-refractivity contribution in [1.29, 1.82) is 0 Å². The molecule has 0 aromatic heterocycles. The van der Waals surface area contributed by atoms with Crippen molar-refractivity contribution in [2.45, 2.75) is 43.9 Å². The Balaban J connectivity index is 1.52. The number of benzene rings is 1. The Morgan fingerprint density at radius 3 is 2.68 bits per heavy atom. The molecule has 0 unspecified atom stereocenters. The Morgan fingerprint density at radius 1 is 1.32 bits per heavy atom. The average Bonchev–Trinajstić information content (AvgIpc) is 2.60. The van der Waals surface area contributed by atoms with Crippen LogP contribution < -0.4 is 5.32 Å². The third-order valence-electron chi connectivity index (χ3n) is 4.53. The minimum atomic E-state index is -0.373. The molecule has 3 rings (SSSR count). The van der Waals surface area contributed by atoms with Gasteiger partial charge in [-0.3, -0.25) is 0 Å². The molecule has 19 heavy (non-hydrogen) atoms. The fourth-order valence-electron chi connectivity index (χ4n) is 3.32. The number of nitrogens with one attached hydrogen (secondary N) is 1. The topological polar surface area (TPSA) is 58.6 Å². The van der Waals surface area contributed by atoms with Crippen molar-refractivity contribution in [2.24, 2.45) is 5.92 Å². The fraction of sp³-hybridized carbons (Fsp3) is 0.533. The quantitative estimate of drug-likeness (QED) is 0.877. The van der Waals surface area contributed by atoms with Crippen LogP contribution in [0.1, 0.15) is 31.2 Å². The summed E-state index contributed by atoms with van der Waals surface area (Å²) < 4.78 is 5.24. The van der Waals surface area contributed by atoms with Gasteiger partial charge in [-0.15, -0.1) is 0 Å². The van der Waals surface area contributed by atoms with Crippen molar-refractivity contribution in [3.05, 3.63) is 35.9 Å². The first kappa shape index (κ1) is 12.5. The van der Waals surface area contributed by atoms with Gasteiger partial charge in [0, 0.05) is 11.5 Å². The number of fused-ring (bicyclic) bond motifs is 1. The summed E-state index contributed by atoms with van der Waals surface area (Å²) in [5.41, 5.74) is 0.777. The van der Waals surface area contributed by atoms with Crippen LogP contribution in [-0.4, -0.2) is 22.8 Å². The predicted octanol–water partition coefficient (Wildman–Crippen LogP) is 2.22. The molecule has 2 fully saturated rings. The Bertz CT molecular complexity index is 462. The van der Waals surface area contributed by atoms with E-state index >= 15 is 0 Å². The number of aliphatic hydroxyl groups excluding tert-OH is 1. The molecule has 1 aromatic carbocycles. The molecule has 2 saturated carbocycles. The molecule has 4 heteroatoms. The second-order valence-electron chi connectivity index (χ2n) is 5.59. The summed E-state index contributed by atoms with van der Waals surface area (Å²) in [6.07, 6.45) is 2.96. The highest BCUT2D eigenvalue weighted by molar-refractivity contribution is 5.68. The van der Waals surface area contributed by atoms with Gasteiger partial charge in [0.2, 0.25) is 0 Å². The summed E-state index contributed by atoms with van der Waals surface area (Å²) in [7, 11) is 0. The van der Waals surface area contributed by atoms with Crippen molar-refractivity contribution in [3.63, 3.8) is 0 Å². The zero-order valence-electron chi connectivity index (χ0n) is 10.8. The monoisotopic (exact) mass is 261 g/mol. The van der Waals surface area contributed by atoms with Gasteiger partial charge in [0.05, 0.1) is 6.10 Å². The fourth-order valence-corrected chi connectivity index (χ4v) is 3.32. The molecule has 0 saturated heterocycles. The van der Waals surface area contributed by atoms with E-state index in [-0.39, 0.29) is 30.3 Å². The van der Waals surface area contributed by atoms with E-state index in [0.717, 1.165) is 31.2 Å². The highest BCUT2D eigenvalue weighted by Gasteiger charge is 2.55. The summed E-state index contributed by atoms with van der Waals surface area (Å²) >= 11 is 0. The molecule has 1 aromatic rings. The number of hydrogen-bond acceptors (Lipinski definition) is 3. The van der Waals surface area contributed by atoms with E-state index in [4.69, 9.17) is 4.74 Å². The van der Waals surface area contributed by atoms with Gasteiger partial charge in [0.1, 0.15) is 6.61 Å². The molecule has 1 amide bonds. The van der Waals surface area contributed by atoms with E-state index in [9.17, 15) is 9.90 Å². The Labute approximate surface area is 112 Å². The number of alkyl carbamates (subject to hydrolysis) is 1. The summed E-state index contributed by atoms with van der Waals surface area (Å²) in [4.78, 5) is 11.8. The summed E-state index contributed by atoms with van der Waals surface area (Å²) in [6.45, 7) is 0.288. The van der Waals surface area contributed by atoms with Crippen LogP contribution in [-0.2, 0) is 11.3 Å². The molecule has 3 atom stereocenters. The minimum absolute atomic E-state index is 0.201. The first-order valence-electron chi connectivity index (χ1n) is 6.86. The predicted molar refractivity (Wildman–Crippen MR) is 70.5 cm³/mol. The third kappa shape index (κ3) is 2.32. The number of aliphatic hydroxyl groups is 1. The number of amides is 1. The Kier molecular flexibility index (Phi) is 3.19. The first-order chi connectivity index (χ1) is 9.20. The number of ether oxygens (including phenoxy) is 1. The molecule has 0 bridgehead atoms. The standard InChI is InChI=1S/C15H19NO3/c17-13-7-9-15(8-6-12(13)15)16-14(18)19-10-11-4-2-1-3-5-11/h1-5,12-13,17H,6-10H2,(H,16,18)/t12-,13+,15-/m0/s1. The van der Waals surface area contributed by atoms with Crippen molar-refractivity contribution in [1.82, 2.24) is 5.32 Å². The van der Waals surface area contributed by atoms with Gasteiger partial charge in [0.25, 0.3) is 0 Å². The van der Waals surface area contributed by atoms with Gasteiger partial charge in [0.15, 0.2) is 0 Å². The number of carbonyl (C=O) groups excluding carboxylic acids is 1. The highest BCUT2D eigenvalue weighted by Crippen LogP contribution is 2.50. The van der Waals surface area contributed by atoms with Gasteiger partial charge in [-0.2, -0.15) is 0 Å². The molecule has 2 aliphatic rings. The normalized spacial score (nSPS) is 32.3. The maximum atomic E-state index is 11.8. The minimum Gasteiger partial charge on any atom is -0.445 e. The largest absolute Gasteiger partial charge is 0.445 e. The summed E-state index contributed by atoms with van der Waals surface area (Å²) in [6, 6.07) is 9.63. The molecule has 0 heterocycles. The zero-order valence-corrected chi connectivity index (χ0v) is 10.8. The summed E-state index contributed by atoms with van der Waals surface area (Å²) in [5.74, 6) is 0.219. The average molecular weight is 261 g/mol. The second-order valence-corrected chi connectivity index (χ2v) is 5.59. The maximum Gasteiger partial charge on any atom is 0.407 e.